The molecule has 0 aliphatic carbocycles. The first-order valence-corrected chi connectivity index (χ1v) is 7.07. The number of hydrazone groups is 1. The quantitative estimate of drug-likeness (QED) is 0.643. The van der Waals surface area contributed by atoms with E-state index in [1.165, 1.54) is 43.3 Å². The van der Waals surface area contributed by atoms with Gasteiger partial charge in [0.25, 0.3) is 5.91 Å². The number of rotatable bonds is 3. The second-order valence-electron chi connectivity index (χ2n) is 4.88. The molecule has 2 rings (SSSR count). The predicted molar refractivity (Wildman–Crippen MR) is 84.4 cm³/mol. The third kappa shape index (κ3) is 4.05. The molecule has 0 unspecified atom stereocenters. The van der Waals surface area contributed by atoms with Crippen molar-refractivity contribution in [1.29, 1.82) is 0 Å². The Bertz CT molecular complexity index is 804. The van der Waals surface area contributed by atoms with Crippen molar-refractivity contribution in [3.63, 3.8) is 0 Å². The van der Waals surface area contributed by atoms with Gasteiger partial charge in [-0.25, -0.2) is 5.43 Å². The van der Waals surface area contributed by atoms with Gasteiger partial charge in [0.2, 0.25) is 0 Å². The summed E-state index contributed by atoms with van der Waals surface area (Å²) >= 11 is 5.75. The maximum absolute atomic E-state index is 13.3. The summed E-state index contributed by atoms with van der Waals surface area (Å²) in [6, 6.07) is 9.44. The van der Waals surface area contributed by atoms with Gasteiger partial charge in [-0.2, -0.15) is 18.3 Å². The summed E-state index contributed by atoms with van der Waals surface area (Å²) in [5, 5.41) is 12.9. The molecule has 0 aliphatic heterocycles. The van der Waals surface area contributed by atoms with Crippen LogP contribution in [0.25, 0.3) is 0 Å². The summed E-state index contributed by atoms with van der Waals surface area (Å²) < 4.78 is 39.8. The maximum Gasteiger partial charge on any atom is 0.435 e. The van der Waals surface area contributed by atoms with Gasteiger partial charge in [-0.3, -0.25) is 4.79 Å². The van der Waals surface area contributed by atoms with Crippen LogP contribution in [-0.4, -0.2) is 22.9 Å². The zero-order valence-corrected chi connectivity index (χ0v) is 13.1. The van der Waals surface area contributed by atoms with Crippen LogP contribution in [0.5, 0.6) is 5.75 Å². The molecule has 2 aromatic rings. The zero-order valence-electron chi connectivity index (χ0n) is 12.4. The van der Waals surface area contributed by atoms with E-state index >= 15 is 0 Å². The fourth-order valence-electron chi connectivity index (χ4n) is 1.96. The number of halogens is 4. The highest BCUT2D eigenvalue weighted by atomic mass is 35.5. The molecule has 2 N–H and O–H groups in total. The number of carbonyl (C=O) groups excluding carboxylic acids is 1. The highest BCUT2D eigenvalue weighted by Gasteiger charge is 2.38. The Labute approximate surface area is 140 Å². The molecule has 126 valence electrons. The Hall–Kier alpha value is -2.54. The average Bonchev–Trinajstić information content (AvgIpc) is 2.49. The molecule has 2 aromatic carbocycles. The van der Waals surface area contributed by atoms with E-state index in [1.54, 1.807) is 0 Å². The molecular weight excluding hydrogens is 345 g/mol. The van der Waals surface area contributed by atoms with Crippen molar-refractivity contribution < 1.29 is 23.1 Å². The number of nitrogens with zero attached hydrogens (tertiary/aromatic N) is 1. The monoisotopic (exact) mass is 356 g/mol. The number of hydrogen-bond acceptors (Lipinski definition) is 3. The van der Waals surface area contributed by atoms with Gasteiger partial charge in [0, 0.05) is 10.6 Å². The molecule has 0 bridgehead atoms. The lowest BCUT2D eigenvalue weighted by molar-refractivity contribution is -0.0584. The molecule has 0 aromatic heterocycles. The molecule has 4 nitrogen and oxygen atoms in total. The second kappa shape index (κ2) is 6.92. The van der Waals surface area contributed by atoms with Gasteiger partial charge in [0.15, 0.2) is 5.71 Å². The largest absolute Gasteiger partial charge is 0.507 e. The number of phenols is 1. The van der Waals surface area contributed by atoms with E-state index in [4.69, 9.17) is 11.6 Å². The van der Waals surface area contributed by atoms with E-state index in [2.05, 4.69) is 5.10 Å². The Morgan fingerprint density at radius 1 is 1.17 bits per heavy atom. The van der Waals surface area contributed by atoms with Crippen LogP contribution in [0, 0.1) is 6.92 Å². The van der Waals surface area contributed by atoms with Crippen molar-refractivity contribution in [3.05, 3.63) is 64.2 Å². The molecular formula is C16H12ClF3N2O2. The molecule has 8 heteroatoms. The number of hydrogen-bond donors (Lipinski definition) is 2. The van der Waals surface area contributed by atoms with Crippen LogP contribution < -0.4 is 5.43 Å². The summed E-state index contributed by atoms with van der Waals surface area (Å²) in [7, 11) is 0. The molecule has 0 spiro atoms. The highest BCUT2D eigenvalue weighted by molar-refractivity contribution is 6.31. The van der Waals surface area contributed by atoms with Crippen LogP contribution in [0.2, 0.25) is 5.02 Å². The van der Waals surface area contributed by atoms with E-state index in [9.17, 15) is 23.1 Å². The minimum absolute atomic E-state index is 0.111. The van der Waals surface area contributed by atoms with Gasteiger partial charge in [0.1, 0.15) is 5.75 Å². The summed E-state index contributed by atoms with van der Waals surface area (Å²) in [5.74, 6) is -1.33. The summed E-state index contributed by atoms with van der Waals surface area (Å²) in [6.45, 7) is 1.47. The molecule has 24 heavy (non-hydrogen) atoms. The lowest BCUT2D eigenvalue weighted by Gasteiger charge is -2.13. The number of amides is 1. The van der Waals surface area contributed by atoms with Gasteiger partial charge < -0.3 is 5.11 Å². The van der Waals surface area contributed by atoms with E-state index in [0.29, 0.717) is 5.56 Å². The minimum Gasteiger partial charge on any atom is -0.507 e. The fourth-order valence-corrected chi connectivity index (χ4v) is 2.13. The molecule has 0 fully saturated rings. The van der Waals surface area contributed by atoms with Gasteiger partial charge in [-0.1, -0.05) is 29.8 Å². The van der Waals surface area contributed by atoms with E-state index in [0.717, 1.165) is 6.07 Å². The number of para-hydroxylation sites is 1. The topological polar surface area (TPSA) is 61.7 Å². The van der Waals surface area contributed by atoms with Crippen LogP contribution in [-0.2, 0) is 0 Å². The van der Waals surface area contributed by atoms with Crippen molar-refractivity contribution >= 4 is 23.2 Å². The van der Waals surface area contributed by atoms with Crippen LogP contribution >= 0.6 is 11.6 Å². The molecule has 0 saturated carbocycles. The van der Waals surface area contributed by atoms with E-state index < -0.39 is 17.8 Å². The summed E-state index contributed by atoms with van der Waals surface area (Å²) in [5.41, 5.74) is 0.398. The van der Waals surface area contributed by atoms with Crippen LogP contribution in [0.15, 0.2) is 47.6 Å². The Balaban J connectivity index is 2.39. The summed E-state index contributed by atoms with van der Waals surface area (Å²) in [4.78, 5) is 11.9. The highest BCUT2D eigenvalue weighted by Crippen LogP contribution is 2.26. The number of carbonyl (C=O) groups is 1. The van der Waals surface area contributed by atoms with E-state index in [-0.39, 0.29) is 21.9 Å². The van der Waals surface area contributed by atoms with Crippen molar-refractivity contribution in [1.82, 2.24) is 5.43 Å². The zero-order chi connectivity index (χ0) is 17.9. The molecule has 0 heterocycles. The van der Waals surface area contributed by atoms with Gasteiger partial charge in [0.05, 0.1) is 5.56 Å². The smallest absolute Gasteiger partial charge is 0.435 e. The SMILES string of the molecule is Cc1ccc(Cl)cc1/C(=N/NC(=O)c1ccccc1O)C(F)(F)F. The Kier molecular flexibility index (Phi) is 5.14. The van der Waals surface area contributed by atoms with Crippen molar-refractivity contribution in [2.75, 3.05) is 0 Å². The van der Waals surface area contributed by atoms with Crippen LogP contribution in [0.1, 0.15) is 21.5 Å². The Morgan fingerprint density at radius 3 is 2.46 bits per heavy atom. The molecule has 1 amide bonds. The first-order chi connectivity index (χ1) is 11.2. The maximum atomic E-state index is 13.3. The third-order valence-electron chi connectivity index (χ3n) is 3.14. The minimum atomic E-state index is -4.80. The van der Waals surface area contributed by atoms with Gasteiger partial charge in [-0.15, -0.1) is 0 Å². The molecule has 0 radical (unpaired) electrons. The number of phenolic OH excluding ortho intramolecular Hbond substituents is 1. The standard InChI is InChI=1S/C16H12ClF3N2O2/c1-9-6-7-10(17)8-12(9)14(16(18,19)20)21-22-15(24)11-4-2-3-5-13(11)23/h2-8,23H,1H3,(H,22,24)/b21-14-. The second-order valence-corrected chi connectivity index (χ2v) is 5.31. The lowest BCUT2D eigenvalue weighted by atomic mass is 10.0. The Morgan fingerprint density at radius 2 is 1.83 bits per heavy atom. The molecule has 0 atom stereocenters. The number of alkyl halides is 3. The van der Waals surface area contributed by atoms with E-state index in [1.807, 2.05) is 5.43 Å². The summed E-state index contributed by atoms with van der Waals surface area (Å²) in [6.07, 6.45) is -4.80. The van der Waals surface area contributed by atoms with Crippen molar-refractivity contribution in [2.24, 2.45) is 5.10 Å². The average molecular weight is 357 g/mol. The number of nitrogens with one attached hydrogen (secondary N) is 1. The molecule has 0 saturated heterocycles. The van der Waals surface area contributed by atoms with Crippen LogP contribution in [0.3, 0.4) is 0 Å². The van der Waals surface area contributed by atoms with Gasteiger partial charge >= 0.3 is 6.18 Å². The van der Waals surface area contributed by atoms with Crippen molar-refractivity contribution in [2.45, 2.75) is 13.1 Å². The van der Waals surface area contributed by atoms with Gasteiger partial charge in [-0.05, 0) is 36.8 Å². The van der Waals surface area contributed by atoms with Crippen molar-refractivity contribution in [3.8, 4) is 5.75 Å². The lowest BCUT2D eigenvalue weighted by Crippen LogP contribution is -2.29. The normalized spacial score (nSPS) is 12.1. The number of aryl methyl sites for hydroxylation is 1. The number of benzene rings is 2. The molecule has 0 aliphatic rings. The first kappa shape index (κ1) is 17.8. The first-order valence-electron chi connectivity index (χ1n) is 6.70. The van der Waals surface area contributed by atoms with Crippen LogP contribution in [0.4, 0.5) is 13.2 Å². The number of aromatic hydroxyl groups is 1. The predicted octanol–water partition coefficient (Wildman–Crippen LogP) is 4.05. The fraction of sp³-hybridized carbons (Fsp3) is 0.125. The third-order valence-corrected chi connectivity index (χ3v) is 3.38.